The second-order valence-electron chi connectivity index (χ2n) is 13.5. The van der Waals surface area contributed by atoms with Gasteiger partial charge in [-0.15, -0.1) is 0 Å². The number of carbonyl (C=O) groups excluding carboxylic acids is 2. The highest BCUT2D eigenvalue weighted by Crippen LogP contribution is 2.12. The van der Waals surface area contributed by atoms with Gasteiger partial charge in [0.25, 0.3) is 0 Å². The third kappa shape index (κ3) is 35.3. The van der Waals surface area contributed by atoms with Gasteiger partial charge in [-0.2, -0.15) is 0 Å². The van der Waals surface area contributed by atoms with Gasteiger partial charge in [0.2, 0.25) is 5.91 Å². The summed E-state index contributed by atoms with van der Waals surface area (Å²) in [6.07, 6.45) is 47.0. The van der Waals surface area contributed by atoms with E-state index < -0.39 is 6.04 Å². The van der Waals surface area contributed by atoms with E-state index in [4.69, 9.17) is 10.5 Å². The minimum atomic E-state index is -0.555. The molecule has 3 N–H and O–H groups in total. The molecule has 274 valence electrons. The van der Waals surface area contributed by atoms with Crippen molar-refractivity contribution in [2.45, 2.75) is 206 Å². The van der Waals surface area contributed by atoms with Crippen LogP contribution in [0.4, 0.5) is 0 Å². The normalized spacial score (nSPS) is 12.5. The summed E-state index contributed by atoms with van der Waals surface area (Å²) in [6.45, 7) is 5.55. The van der Waals surface area contributed by atoms with Gasteiger partial charge in [0.15, 0.2) is 0 Å². The van der Waals surface area contributed by atoms with Gasteiger partial charge in [0.05, 0.1) is 6.61 Å². The van der Waals surface area contributed by atoms with Crippen LogP contribution in [0.3, 0.4) is 0 Å². The molecule has 5 nitrogen and oxygen atoms in total. The minimum absolute atomic E-state index is 0.0392. The lowest BCUT2D eigenvalue weighted by Gasteiger charge is -2.18. The van der Waals surface area contributed by atoms with Crippen molar-refractivity contribution in [1.29, 1.82) is 0 Å². The van der Waals surface area contributed by atoms with Gasteiger partial charge in [0, 0.05) is 6.42 Å². The van der Waals surface area contributed by atoms with E-state index >= 15 is 0 Å². The number of nitrogens with two attached hydrogens (primary N) is 1. The zero-order valence-corrected chi connectivity index (χ0v) is 31.3. The maximum absolute atomic E-state index is 12.8. The molecule has 0 heterocycles. The predicted octanol–water partition coefficient (Wildman–Crippen LogP) is 12.0. The molecule has 1 amide bonds. The van der Waals surface area contributed by atoms with Gasteiger partial charge in [-0.25, -0.2) is 4.79 Å². The van der Waals surface area contributed by atoms with Gasteiger partial charge < -0.3 is 15.8 Å². The largest absolute Gasteiger partial charge is 0.464 e. The van der Waals surface area contributed by atoms with Crippen LogP contribution >= 0.6 is 0 Å². The van der Waals surface area contributed by atoms with Gasteiger partial charge in [0.1, 0.15) is 6.04 Å². The number of esters is 1. The van der Waals surface area contributed by atoms with Crippen LogP contribution in [-0.2, 0) is 14.3 Å². The summed E-state index contributed by atoms with van der Waals surface area (Å²) in [5, 5.41) is 2.96. The third-order valence-corrected chi connectivity index (χ3v) is 8.82. The Balaban J connectivity index is 3.89. The lowest BCUT2D eigenvalue weighted by Crippen LogP contribution is -2.42. The van der Waals surface area contributed by atoms with Gasteiger partial charge >= 0.3 is 5.97 Å². The molecule has 0 radical (unpaired) electrons. The molecule has 0 aromatic rings. The summed E-state index contributed by atoms with van der Waals surface area (Å²) >= 11 is 0. The van der Waals surface area contributed by atoms with Crippen LogP contribution in [0, 0.1) is 0 Å². The van der Waals surface area contributed by atoms with Crippen molar-refractivity contribution < 1.29 is 14.3 Å². The van der Waals surface area contributed by atoms with Crippen LogP contribution in [0.1, 0.15) is 200 Å². The molecule has 0 rings (SSSR count). The molecule has 0 aliphatic carbocycles. The van der Waals surface area contributed by atoms with E-state index in [1.807, 2.05) is 0 Å². The Bertz CT molecular complexity index is 761. The van der Waals surface area contributed by atoms with Crippen molar-refractivity contribution in [3.63, 3.8) is 0 Å². The third-order valence-electron chi connectivity index (χ3n) is 8.82. The number of nitrogens with one attached hydrogen (secondary N) is 1. The van der Waals surface area contributed by atoms with E-state index in [0.29, 0.717) is 26.0 Å². The quantitative estimate of drug-likeness (QED) is 0.0399. The van der Waals surface area contributed by atoms with E-state index in [1.54, 1.807) is 0 Å². The molecule has 0 bridgehead atoms. The number of ether oxygens (including phenoxy) is 1. The molecule has 0 aliphatic heterocycles. The van der Waals surface area contributed by atoms with Crippen LogP contribution in [-0.4, -0.2) is 31.1 Å². The fourth-order valence-corrected chi connectivity index (χ4v) is 5.73. The molecule has 0 aromatic carbocycles. The lowest BCUT2D eigenvalue weighted by molar-refractivity contribution is -0.148. The fraction of sp³-hybridized carbons (Fsp3) is 0.810. The average molecular weight is 659 g/mol. The van der Waals surface area contributed by atoms with Gasteiger partial charge in [-0.3, -0.25) is 4.79 Å². The molecule has 0 unspecified atom stereocenters. The van der Waals surface area contributed by atoms with E-state index in [9.17, 15) is 9.59 Å². The molecule has 47 heavy (non-hydrogen) atoms. The Hall–Kier alpha value is -1.88. The Morgan fingerprint density at radius 3 is 1.55 bits per heavy atom. The first-order valence-corrected chi connectivity index (χ1v) is 20.3. The van der Waals surface area contributed by atoms with Crippen LogP contribution < -0.4 is 11.1 Å². The maximum atomic E-state index is 12.8. The molecular formula is C42H78N2O3. The van der Waals surface area contributed by atoms with E-state index in [1.165, 1.54) is 116 Å². The van der Waals surface area contributed by atoms with Crippen molar-refractivity contribution in [2.24, 2.45) is 5.73 Å². The Morgan fingerprint density at radius 1 is 0.553 bits per heavy atom. The highest BCUT2D eigenvalue weighted by molar-refractivity contribution is 5.84. The van der Waals surface area contributed by atoms with E-state index in [0.717, 1.165) is 57.8 Å². The molecule has 0 fully saturated rings. The summed E-state index contributed by atoms with van der Waals surface area (Å²) in [5.41, 5.74) is 5.66. The lowest BCUT2D eigenvalue weighted by atomic mass is 10.1. The molecule has 0 saturated carbocycles. The summed E-state index contributed by atoms with van der Waals surface area (Å²) < 4.78 is 5.58. The zero-order valence-electron chi connectivity index (χ0n) is 31.3. The predicted molar refractivity (Wildman–Crippen MR) is 205 cm³/mol. The molecule has 1 atom stereocenters. The second kappa shape index (κ2) is 38.6. The zero-order chi connectivity index (χ0) is 34.3. The molecule has 5 heteroatoms. The number of carbonyl (C=O) groups is 2. The molecule has 0 spiro atoms. The first-order valence-electron chi connectivity index (χ1n) is 20.3. The summed E-state index contributed by atoms with van der Waals surface area (Å²) in [6, 6.07) is -0.555. The monoisotopic (exact) mass is 659 g/mol. The number of rotatable bonds is 36. The number of hydrogen-bond acceptors (Lipinski definition) is 4. The van der Waals surface area contributed by atoms with Gasteiger partial charge in [-0.1, -0.05) is 140 Å². The van der Waals surface area contributed by atoms with Crippen LogP contribution in [0.2, 0.25) is 0 Å². The van der Waals surface area contributed by atoms with Crippen LogP contribution in [0.15, 0.2) is 36.5 Å². The molecule has 0 aromatic heterocycles. The fourth-order valence-electron chi connectivity index (χ4n) is 5.73. The highest BCUT2D eigenvalue weighted by Gasteiger charge is 2.21. The average Bonchev–Trinajstić information content (AvgIpc) is 3.07. The topological polar surface area (TPSA) is 81.4 Å². The Labute approximate surface area is 292 Å². The number of hydrogen-bond donors (Lipinski definition) is 2. The first-order chi connectivity index (χ1) is 23.2. The summed E-state index contributed by atoms with van der Waals surface area (Å²) in [5.74, 6) is -0.328. The Morgan fingerprint density at radius 2 is 1.00 bits per heavy atom. The maximum Gasteiger partial charge on any atom is 0.328 e. The number of unbranched alkanes of at least 4 members (excludes halogenated alkanes) is 21. The smallest absolute Gasteiger partial charge is 0.328 e. The molecular weight excluding hydrogens is 580 g/mol. The van der Waals surface area contributed by atoms with Gasteiger partial charge in [-0.05, 0) is 96.4 Å². The van der Waals surface area contributed by atoms with Crippen molar-refractivity contribution in [3.05, 3.63) is 36.5 Å². The highest BCUT2D eigenvalue weighted by atomic mass is 16.5. The van der Waals surface area contributed by atoms with Crippen LogP contribution in [0.5, 0.6) is 0 Å². The summed E-state index contributed by atoms with van der Waals surface area (Å²) in [7, 11) is 0. The van der Waals surface area contributed by atoms with E-state index in [2.05, 4.69) is 55.6 Å². The SMILES string of the molecule is CCCCC/C=C/C/C=C/CCCCCCCC(=O)N[C@@H](CCCCN)C(=O)OCCCCCCCC/C=C/CCCCCCCC. The van der Waals surface area contributed by atoms with Crippen LogP contribution in [0.25, 0.3) is 0 Å². The number of allylic oxidation sites excluding steroid dienone is 6. The summed E-state index contributed by atoms with van der Waals surface area (Å²) in [4.78, 5) is 25.4. The van der Waals surface area contributed by atoms with Crippen molar-refractivity contribution in [3.8, 4) is 0 Å². The second-order valence-corrected chi connectivity index (χ2v) is 13.5. The van der Waals surface area contributed by atoms with Crippen molar-refractivity contribution in [2.75, 3.05) is 13.2 Å². The first kappa shape index (κ1) is 45.1. The van der Waals surface area contributed by atoms with Crippen molar-refractivity contribution >= 4 is 11.9 Å². The minimum Gasteiger partial charge on any atom is -0.464 e. The molecule has 0 saturated heterocycles. The van der Waals surface area contributed by atoms with E-state index in [-0.39, 0.29) is 11.9 Å². The van der Waals surface area contributed by atoms with Crippen molar-refractivity contribution in [1.82, 2.24) is 5.32 Å². The number of amides is 1. The Kier molecular flexibility index (Phi) is 37.0. The standard InChI is InChI=1S/C42H78N2O3/c1-3-5-7-9-11-13-15-17-19-21-23-25-27-29-31-35-39-47-42(46)40(36-33-34-38-43)44-41(45)37-32-30-28-26-24-22-20-18-16-14-12-10-8-6-4-2/h12,14,17-20,40H,3-11,13,15-16,21-39,43H2,1-2H3,(H,44,45)/b14-12+,19-17+,20-18+/t40-/m0/s1. The molecule has 0 aliphatic rings.